The fourth-order valence-corrected chi connectivity index (χ4v) is 3.86. The number of aromatic nitrogens is 1. The van der Waals surface area contributed by atoms with Crippen molar-refractivity contribution < 1.29 is 24.2 Å². The van der Waals surface area contributed by atoms with Crippen molar-refractivity contribution in [2.45, 2.75) is 13.0 Å². The van der Waals surface area contributed by atoms with Gasteiger partial charge in [0.15, 0.2) is 0 Å². The first-order valence-electron chi connectivity index (χ1n) is 10.1. The molecule has 2 heterocycles. The Kier molecular flexibility index (Phi) is 5.91. The number of anilines is 2. The van der Waals surface area contributed by atoms with E-state index < -0.39 is 17.7 Å². The summed E-state index contributed by atoms with van der Waals surface area (Å²) >= 11 is 0. The summed E-state index contributed by atoms with van der Waals surface area (Å²) in [5.41, 5.74) is 1.83. The zero-order valence-electron chi connectivity index (χ0n) is 18.0. The van der Waals surface area contributed by atoms with Crippen LogP contribution in [0.25, 0.3) is 5.76 Å². The molecular formula is C25H21N3O5. The topological polar surface area (TPSA) is 109 Å². The van der Waals surface area contributed by atoms with E-state index in [2.05, 4.69) is 10.3 Å². The third kappa shape index (κ3) is 4.06. The second kappa shape index (κ2) is 8.96. The number of aliphatic hydroxyl groups is 1. The van der Waals surface area contributed by atoms with E-state index in [0.29, 0.717) is 28.3 Å². The summed E-state index contributed by atoms with van der Waals surface area (Å²) in [6.07, 6.45) is 2.98. The van der Waals surface area contributed by atoms with Crippen molar-refractivity contribution in [3.8, 4) is 5.75 Å². The predicted octanol–water partition coefficient (Wildman–Crippen LogP) is 3.67. The van der Waals surface area contributed by atoms with Crippen LogP contribution in [0, 0.1) is 0 Å². The van der Waals surface area contributed by atoms with Gasteiger partial charge in [-0.2, -0.15) is 0 Å². The minimum absolute atomic E-state index is 0.0540. The van der Waals surface area contributed by atoms with E-state index in [9.17, 15) is 19.5 Å². The van der Waals surface area contributed by atoms with E-state index in [4.69, 9.17) is 4.74 Å². The molecule has 166 valence electrons. The highest BCUT2D eigenvalue weighted by Gasteiger charge is 2.47. The molecule has 3 aromatic rings. The SMILES string of the molecule is COc1ccccc1C1/C(=C(/O)c2ccncc2)C(=O)C(=O)N1c1ccc(NC(C)=O)cc1. The number of ketones is 1. The zero-order chi connectivity index (χ0) is 23.5. The molecular weight excluding hydrogens is 422 g/mol. The molecule has 2 N–H and O–H groups in total. The molecule has 0 saturated carbocycles. The number of para-hydroxylation sites is 1. The number of aliphatic hydroxyl groups excluding tert-OH is 1. The molecule has 1 unspecified atom stereocenters. The normalized spacial score (nSPS) is 17.2. The fourth-order valence-electron chi connectivity index (χ4n) is 3.86. The summed E-state index contributed by atoms with van der Waals surface area (Å²) < 4.78 is 5.50. The Morgan fingerprint density at radius 1 is 1.03 bits per heavy atom. The van der Waals surface area contributed by atoms with Crippen LogP contribution in [0.4, 0.5) is 11.4 Å². The van der Waals surface area contributed by atoms with Crippen molar-refractivity contribution in [2.24, 2.45) is 0 Å². The average molecular weight is 443 g/mol. The van der Waals surface area contributed by atoms with E-state index in [-0.39, 0.29) is 17.2 Å². The molecule has 2 aromatic carbocycles. The van der Waals surface area contributed by atoms with Gasteiger partial charge in [0.25, 0.3) is 11.7 Å². The smallest absolute Gasteiger partial charge is 0.300 e. The molecule has 1 aliphatic heterocycles. The lowest BCUT2D eigenvalue weighted by molar-refractivity contribution is -0.132. The molecule has 4 rings (SSSR count). The van der Waals surface area contributed by atoms with Crippen molar-refractivity contribution in [1.82, 2.24) is 4.98 Å². The zero-order valence-corrected chi connectivity index (χ0v) is 18.0. The number of amides is 2. The molecule has 1 aromatic heterocycles. The Bertz CT molecular complexity index is 1250. The summed E-state index contributed by atoms with van der Waals surface area (Å²) in [5, 5.41) is 13.7. The van der Waals surface area contributed by atoms with Crippen molar-refractivity contribution in [2.75, 3.05) is 17.3 Å². The van der Waals surface area contributed by atoms with Crippen molar-refractivity contribution in [3.63, 3.8) is 0 Å². The standard InChI is InChI=1S/C25H21N3O5/c1-15(29)27-17-7-9-18(10-8-17)28-22(19-5-3-4-6-20(19)33-2)21(24(31)25(28)32)23(30)16-11-13-26-14-12-16/h3-14,22,30H,1-2H3,(H,27,29)/b23-21-. The lowest BCUT2D eigenvalue weighted by atomic mass is 9.94. The van der Waals surface area contributed by atoms with Crippen LogP contribution in [0.15, 0.2) is 78.6 Å². The van der Waals surface area contributed by atoms with Gasteiger partial charge >= 0.3 is 0 Å². The Labute approximate surface area is 190 Å². The van der Waals surface area contributed by atoms with Gasteiger partial charge in [0.05, 0.1) is 18.7 Å². The number of ether oxygens (including phenoxy) is 1. The number of hydrogen-bond donors (Lipinski definition) is 2. The molecule has 1 atom stereocenters. The molecule has 1 aliphatic rings. The Balaban J connectivity index is 1.91. The minimum atomic E-state index is -0.930. The number of carbonyl (C=O) groups excluding carboxylic acids is 3. The lowest BCUT2D eigenvalue weighted by Crippen LogP contribution is -2.29. The monoisotopic (exact) mass is 443 g/mol. The van der Waals surface area contributed by atoms with Gasteiger partial charge < -0.3 is 15.2 Å². The number of Topliss-reactive ketones (excluding diaryl/α,β-unsaturated/α-hetero) is 1. The third-order valence-electron chi connectivity index (χ3n) is 5.30. The maximum atomic E-state index is 13.2. The van der Waals surface area contributed by atoms with Crippen molar-refractivity contribution in [3.05, 3.63) is 89.8 Å². The van der Waals surface area contributed by atoms with Crippen LogP contribution in [-0.4, -0.2) is 34.8 Å². The first-order chi connectivity index (χ1) is 15.9. The van der Waals surface area contributed by atoms with Crippen molar-refractivity contribution >= 4 is 34.7 Å². The second-order valence-corrected chi connectivity index (χ2v) is 7.37. The van der Waals surface area contributed by atoms with Crippen LogP contribution in [0.1, 0.15) is 24.1 Å². The van der Waals surface area contributed by atoms with Crippen LogP contribution < -0.4 is 15.0 Å². The van der Waals surface area contributed by atoms with E-state index in [0.717, 1.165) is 0 Å². The van der Waals surface area contributed by atoms with Gasteiger partial charge in [-0.25, -0.2) is 0 Å². The largest absolute Gasteiger partial charge is 0.507 e. The van der Waals surface area contributed by atoms with Crippen LogP contribution in [0.5, 0.6) is 5.75 Å². The first kappa shape index (κ1) is 21.8. The highest BCUT2D eigenvalue weighted by atomic mass is 16.5. The number of methoxy groups -OCH3 is 1. The molecule has 33 heavy (non-hydrogen) atoms. The Hall–Kier alpha value is -4.46. The summed E-state index contributed by atoms with van der Waals surface area (Å²) in [6.45, 7) is 1.40. The summed E-state index contributed by atoms with van der Waals surface area (Å²) in [6, 6.07) is 15.7. The van der Waals surface area contributed by atoms with Gasteiger partial charge in [0.1, 0.15) is 11.5 Å². The van der Waals surface area contributed by atoms with Crippen LogP contribution >= 0.6 is 0 Å². The molecule has 0 aliphatic carbocycles. The predicted molar refractivity (Wildman–Crippen MR) is 123 cm³/mol. The number of pyridine rings is 1. The maximum absolute atomic E-state index is 13.2. The summed E-state index contributed by atoms with van der Waals surface area (Å²) in [5.74, 6) is -1.66. The fraction of sp³-hybridized carbons (Fsp3) is 0.120. The van der Waals surface area contributed by atoms with Crippen molar-refractivity contribution in [1.29, 1.82) is 0 Å². The molecule has 0 bridgehead atoms. The number of rotatable bonds is 5. The minimum Gasteiger partial charge on any atom is -0.507 e. The average Bonchev–Trinajstić information content (AvgIpc) is 3.09. The lowest BCUT2D eigenvalue weighted by Gasteiger charge is -2.26. The number of carbonyl (C=O) groups is 3. The molecule has 2 amide bonds. The van der Waals surface area contributed by atoms with Gasteiger partial charge in [0, 0.05) is 41.8 Å². The van der Waals surface area contributed by atoms with Crippen LogP contribution in [0.2, 0.25) is 0 Å². The quantitative estimate of drug-likeness (QED) is 0.354. The van der Waals surface area contributed by atoms with Crippen LogP contribution in [0.3, 0.4) is 0 Å². The molecule has 8 nitrogen and oxygen atoms in total. The van der Waals surface area contributed by atoms with Gasteiger partial charge in [-0.1, -0.05) is 18.2 Å². The Morgan fingerprint density at radius 2 is 1.70 bits per heavy atom. The molecule has 1 fully saturated rings. The Morgan fingerprint density at radius 3 is 2.33 bits per heavy atom. The number of nitrogens with zero attached hydrogens (tertiary/aromatic N) is 2. The van der Waals surface area contributed by atoms with Crippen LogP contribution in [-0.2, 0) is 14.4 Å². The maximum Gasteiger partial charge on any atom is 0.300 e. The molecule has 1 saturated heterocycles. The second-order valence-electron chi connectivity index (χ2n) is 7.37. The highest BCUT2D eigenvalue weighted by Crippen LogP contribution is 2.44. The highest BCUT2D eigenvalue weighted by molar-refractivity contribution is 6.51. The van der Waals surface area contributed by atoms with Gasteiger partial charge in [-0.15, -0.1) is 0 Å². The van der Waals surface area contributed by atoms with E-state index >= 15 is 0 Å². The number of hydrogen-bond acceptors (Lipinski definition) is 6. The molecule has 0 radical (unpaired) electrons. The first-order valence-corrected chi connectivity index (χ1v) is 10.1. The molecule has 0 spiro atoms. The summed E-state index contributed by atoms with van der Waals surface area (Å²) in [7, 11) is 1.50. The number of benzene rings is 2. The van der Waals surface area contributed by atoms with E-state index in [1.165, 1.54) is 31.3 Å². The van der Waals surface area contributed by atoms with E-state index in [1.54, 1.807) is 60.7 Å². The molecule has 8 heteroatoms. The third-order valence-corrected chi connectivity index (χ3v) is 5.30. The van der Waals surface area contributed by atoms with Gasteiger partial charge in [0.2, 0.25) is 5.91 Å². The van der Waals surface area contributed by atoms with Gasteiger partial charge in [-0.3, -0.25) is 24.3 Å². The summed E-state index contributed by atoms with van der Waals surface area (Å²) in [4.78, 5) is 43.0. The van der Waals surface area contributed by atoms with E-state index in [1.807, 2.05) is 0 Å². The van der Waals surface area contributed by atoms with Gasteiger partial charge in [-0.05, 0) is 42.5 Å². The number of nitrogens with one attached hydrogen (secondary N) is 1.